The molecule has 0 aromatic carbocycles. The zero-order valence-electron chi connectivity index (χ0n) is 7.09. The van der Waals surface area contributed by atoms with Crippen molar-refractivity contribution in [3.8, 4) is 0 Å². The van der Waals surface area contributed by atoms with Crippen molar-refractivity contribution in [1.82, 2.24) is 0 Å². The summed E-state index contributed by atoms with van der Waals surface area (Å²) in [6, 6.07) is 0. The Morgan fingerprint density at radius 3 is 2.82 bits per heavy atom. The van der Waals surface area contributed by atoms with E-state index in [1.165, 1.54) is 0 Å². The molecule has 1 aliphatic carbocycles. The van der Waals surface area contributed by atoms with Crippen molar-refractivity contribution in [2.45, 2.75) is 32.3 Å². The van der Waals surface area contributed by atoms with Crippen LogP contribution in [0.1, 0.15) is 26.7 Å². The normalized spacial score (nSPS) is 48.7. The first kappa shape index (κ1) is 7.29. The number of Topliss-reactive ketones (excluding diaryl/α,β-unsaturated/α-hetero) is 1. The molecule has 1 saturated carbocycles. The van der Waals surface area contributed by atoms with Crippen LogP contribution in [0, 0.1) is 11.8 Å². The van der Waals surface area contributed by atoms with Gasteiger partial charge in [-0.3, -0.25) is 4.79 Å². The second-order valence-electron chi connectivity index (χ2n) is 3.73. The number of hydrogen-bond donors (Lipinski definition) is 0. The van der Waals surface area contributed by atoms with Gasteiger partial charge in [-0.25, -0.2) is 0 Å². The zero-order chi connectivity index (χ0) is 8.06. The largest absolute Gasteiger partial charge is 0.367 e. The minimum atomic E-state index is -0.391. The molecule has 3 rings (SSSR count). The van der Waals surface area contributed by atoms with Crippen LogP contribution in [0.4, 0.5) is 0 Å². The average molecular weight is 154 g/mol. The second-order valence-corrected chi connectivity index (χ2v) is 3.73. The average Bonchev–Trinajstić information content (AvgIpc) is 2.02. The molecule has 0 aromatic rings. The Balaban J connectivity index is 2.23. The van der Waals surface area contributed by atoms with E-state index in [0.717, 1.165) is 19.4 Å². The summed E-state index contributed by atoms with van der Waals surface area (Å²) < 4.78 is 5.50. The van der Waals surface area contributed by atoms with Crippen molar-refractivity contribution in [3.63, 3.8) is 0 Å². The summed E-state index contributed by atoms with van der Waals surface area (Å²) in [7, 11) is 0. The van der Waals surface area contributed by atoms with E-state index < -0.39 is 5.60 Å². The number of ether oxygens (including phenoxy) is 1. The molecule has 0 unspecified atom stereocenters. The van der Waals surface area contributed by atoms with Gasteiger partial charge >= 0.3 is 0 Å². The lowest BCUT2D eigenvalue weighted by Gasteiger charge is -2.54. The molecule has 2 saturated heterocycles. The summed E-state index contributed by atoms with van der Waals surface area (Å²) in [5.41, 5.74) is -0.391. The minimum absolute atomic E-state index is 0.332. The molecule has 0 aromatic heterocycles. The lowest BCUT2D eigenvalue weighted by atomic mass is 9.57. The fourth-order valence-electron chi connectivity index (χ4n) is 2.60. The second kappa shape index (κ2) is 2.07. The molecule has 0 N–H and O–H groups in total. The van der Waals surface area contributed by atoms with E-state index in [0.29, 0.717) is 17.6 Å². The molecule has 0 amide bonds. The third kappa shape index (κ3) is 0.684. The van der Waals surface area contributed by atoms with Crippen LogP contribution in [0.15, 0.2) is 0 Å². The Labute approximate surface area is 66.9 Å². The topological polar surface area (TPSA) is 26.3 Å². The molecule has 2 bridgehead atoms. The maximum atomic E-state index is 11.4. The van der Waals surface area contributed by atoms with E-state index >= 15 is 0 Å². The predicted octanol–water partition coefficient (Wildman–Crippen LogP) is 1.39. The quantitative estimate of drug-likeness (QED) is 0.570. The summed E-state index contributed by atoms with van der Waals surface area (Å²) in [6.07, 6.45) is 2.03. The summed E-state index contributed by atoms with van der Waals surface area (Å²) >= 11 is 0. The summed E-state index contributed by atoms with van der Waals surface area (Å²) in [4.78, 5) is 11.4. The molecule has 62 valence electrons. The SMILES string of the molecule is CC[C@@H]1[C@@H]2CCO[C@@]1(C)C2=O. The van der Waals surface area contributed by atoms with Crippen molar-refractivity contribution >= 4 is 5.78 Å². The van der Waals surface area contributed by atoms with Crippen LogP contribution < -0.4 is 0 Å². The summed E-state index contributed by atoms with van der Waals surface area (Å²) in [6.45, 7) is 4.86. The van der Waals surface area contributed by atoms with Crippen molar-refractivity contribution in [1.29, 1.82) is 0 Å². The lowest BCUT2D eigenvalue weighted by molar-refractivity contribution is -0.208. The number of ketones is 1. The molecule has 3 aliphatic rings. The first-order valence-corrected chi connectivity index (χ1v) is 4.38. The number of hydrogen-bond acceptors (Lipinski definition) is 2. The van der Waals surface area contributed by atoms with Gasteiger partial charge in [0.15, 0.2) is 5.78 Å². The zero-order valence-corrected chi connectivity index (χ0v) is 7.09. The highest BCUT2D eigenvalue weighted by Gasteiger charge is 2.61. The number of carbonyl (C=O) groups excluding carboxylic acids is 1. The Kier molecular flexibility index (Phi) is 1.37. The molecule has 2 aliphatic heterocycles. The highest BCUT2D eigenvalue weighted by Crippen LogP contribution is 2.50. The van der Waals surface area contributed by atoms with Gasteiger partial charge in [0.25, 0.3) is 0 Å². The number of fused-ring (bicyclic) bond motifs is 2. The van der Waals surface area contributed by atoms with Crippen LogP contribution in [0.5, 0.6) is 0 Å². The van der Waals surface area contributed by atoms with Gasteiger partial charge in [-0.05, 0) is 19.8 Å². The molecule has 2 nitrogen and oxygen atoms in total. The van der Waals surface area contributed by atoms with Crippen LogP contribution in [-0.2, 0) is 9.53 Å². The summed E-state index contributed by atoms with van der Waals surface area (Å²) in [5, 5.41) is 0. The first-order chi connectivity index (χ1) is 5.20. The maximum Gasteiger partial charge on any atom is 0.168 e. The molecule has 3 fully saturated rings. The minimum Gasteiger partial charge on any atom is -0.367 e. The van der Waals surface area contributed by atoms with Gasteiger partial charge in [0.2, 0.25) is 0 Å². The Hall–Kier alpha value is -0.370. The molecule has 2 heteroatoms. The van der Waals surface area contributed by atoms with Crippen molar-refractivity contribution in [3.05, 3.63) is 0 Å². The Morgan fingerprint density at radius 1 is 1.73 bits per heavy atom. The molecule has 11 heavy (non-hydrogen) atoms. The van der Waals surface area contributed by atoms with Gasteiger partial charge in [-0.15, -0.1) is 0 Å². The fourth-order valence-corrected chi connectivity index (χ4v) is 2.60. The fraction of sp³-hybridized carbons (Fsp3) is 0.889. The van der Waals surface area contributed by atoms with Crippen LogP contribution in [0.2, 0.25) is 0 Å². The van der Waals surface area contributed by atoms with Crippen LogP contribution in [0.3, 0.4) is 0 Å². The van der Waals surface area contributed by atoms with E-state index in [-0.39, 0.29) is 0 Å². The van der Waals surface area contributed by atoms with Crippen molar-refractivity contribution in [2.24, 2.45) is 11.8 Å². The van der Waals surface area contributed by atoms with Gasteiger partial charge < -0.3 is 4.74 Å². The van der Waals surface area contributed by atoms with Gasteiger partial charge in [-0.2, -0.15) is 0 Å². The van der Waals surface area contributed by atoms with Crippen molar-refractivity contribution < 1.29 is 9.53 Å². The van der Waals surface area contributed by atoms with Crippen LogP contribution >= 0.6 is 0 Å². The van der Waals surface area contributed by atoms with Crippen molar-refractivity contribution in [2.75, 3.05) is 6.61 Å². The lowest BCUT2D eigenvalue weighted by Crippen LogP contribution is -2.66. The molecule has 0 spiro atoms. The molecule has 0 radical (unpaired) electrons. The van der Waals surface area contributed by atoms with E-state index in [1.54, 1.807) is 0 Å². The summed E-state index contributed by atoms with van der Waals surface area (Å²) in [5.74, 6) is 1.18. The predicted molar refractivity (Wildman–Crippen MR) is 41.3 cm³/mol. The van der Waals surface area contributed by atoms with Crippen LogP contribution in [-0.4, -0.2) is 18.0 Å². The smallest absolute Gasteiger partial charge is 0.168 e. The first-order valence-electron chi connectivity index (χ1n) is 4.38. The van der Waals surface area contributed by atoms with Gasteiger partial charge in [0, 0.05) is 18.4 Å². The molecule has 2 heterocycles. The van der Waals surface area contributed by atoms with E-state index in [9.17, 15) is 4.79 Å². The molecule has 3 atom stereocenters. The van der Waals surface area contributed by atoms with E-state index in [4.69, 9.17) is 4.74 Å². The number of carbonyl (C=O) groups is 1. The third-order valence-electron chi connectivity index (χ3n) is 3.29. The highest BCUT2D eigenvalue weighted by molar-refractivity contribution is 5.96. The monoisotopic (exact) mass is 154 g/mol. The third-order valence-corrected chi connectivity index (χ3v) is 3.29. The molecular weight excluding hydrogens is 140 g/mol. The van der Waals surface area contributed by atoms with Crippen LogP contribution in [0.25, 0.3) is 0 Å². The van der Waals surface area contributed by atoms with E-state index in [2.05, 4.69) is 6.92 Å². The standard InChI is InChI=1S/C9H14O2/c1-3-7-6-4-5-11-9(7,2)8(6)10/h6-7H,3-5H2,1-2H3/t6-,7+,9+/m0/s1. The Bertz CT molecular complexity index is 200. The van der Waals surface area contributed by atoms with Gasteiger partial charge in [0.05, 0.1) is 0 Å². The highest BCUT2D eigenvalue weighted by atomic mass is 16.5. The molecular formula is C9H14O2. The number of rotatable bonds is 1. The maximum absolute atomic E-state index is 11.4. The van der Waals surface area contributed by atoms with E-state index in [1.807, 2.05) is 6.92 Å². The van der Waals surface area contributed by atoms with Gasteiger partial charge in [-0.1, -0.05) is 6.92 Å². The van der Waals surface area contributed by atoms with Gasteiger partial charge in [0.1, 0.15) is 5.60 Å². The Morgan fingerprint density at radius 2 is 2.45 bits per heavy atom.